The van der Waals surface area contributed by atoms with Gasteiger partial charge >= 0.3 is 0 Å². The van der Waals surface area contributed by atoms with Crippen LogP contribution in [0, 0.1) is 0 Å². The summed E-state index contributed by atoms with van der Waals surface area (Å²) in [6.45, 7) is 0. The SMILES string of the molecule is c1ccc2cc(-c3ccc(Nc4cccc5c4sc4ccccc45)cc3)ccc2c1. The third-order valence-corrected chi connectivity index (χ3v) is 6.87. The van der Waals surface area contributed by atoms with Gasteiger partial charge in [-0.15, -0.1) is 11.3 Å². The third-order valence-electron chi connectivity index (χ3n) is 5.65. The van der Waals surface area contributed by atoms with Crippen LogP contribution in [-0.4, -0.2) is 0 Å². The molecule has 1 N–H and O–H groups in total. The van der Waals surface area contributed by atoms with E-state index in [1.807, 2.05) is 11.3 Å². The molecule has 0 saturated heterocycles. The highest BCUT2D eigenvalue weighted by Crippen LogP contribution is 2.39. The molecule has 0 aliphatic heterocycles. The van der Waals surface area contributed by atoms with E-state index in [0.29, 0.717) is 0 Å². The van der Waals surface area contributed by atoms with Gasteiger partial charge in [-0.3, -0.25) is 0 Å². The Morgan fingerprint density at radius 2 is 1.27 bits per heavy atom. The van der Waals surface area contributed by atoms with Gasteiger partial charge in [0.15, 0.2) is 0 Å². The van der Waals surface area contributed by atoms with E-state index in [0.717, 1.165) is 11.4 Å². The number of rotatable bonds is 3. The molecule has 0 aliphatic carbocycles. The van der Waals surface area contributed by atoms with E-state index in [9.17, 15) is 0 Å². The maximum absolute atomic E-state index is 3.63. The molecule has 0 unspecified atom stereocenters. The molecule has 0 atom stereocenters. The normalized spacial score (nSPS) is 11.3. The van der Waals surface area contributed by atoms with E-state index in [-0.39, 0.29) is 0 Å². The van der Waals surface area contributed by atoms with Gasteiger partial charge in [-0.2, -0.15) is 0 Å². The summed E-state index contributed by atoms with van der Waals surface area (Å²) in [7, 11) is 0. The molecule has 2 heteroatoms. The fraction of sp³-hybridized carbons (Fsp3) is 0. The number of nitrogens with one attached hydrogen (secondary N) is 1. The summed E-state index contributed by atoms with van der Waals surface area (Å²) < 4.78 is 2.63. The smallest absolute Gasteiger partial charge is 0.0590 e. The number of hydrogen-bond donors (Lipinski definition) is 1. The van der Waals surface area contributed by atoms with E-state index in [4.69, 9.17) is 0 Å². The average Bonchev–Trinajstić information content (AvgIpc) is 3.19. The Hall–Kier alpha value is -3.62. The van der Waals surface area contributed by atoms with Crippen LogP contribution in [0.2, 0.25) is 0 Å². The molecule has 0 aliphatic rings. The van der Waals surface area contributed by atoms with Crippen LogP contribution in [-0.2, 0) is 0 Å². The Bertz CT molecular complexity index is 1510. The zero-order valence-corrected chi connectivity index (χ0v) is 17.1. The fourth-order valence-electron chi connectivity index (χ4n) is 4.12. The first-order valence-corrected chi connectivity index (χ1v) is 10.9. The van der Waals surface area contributed by atoms with Gasteiger partial charge in [0.2, 0.25) is 0 Å². The van der Waals surface area contributed by atoms with Crippen molar-refractivity contribution in [2.45, 2.75) is 0 Å². The second kappa shape index (κ2) is 7.01. The minimum absolute atomic E-state index is 1.10. The highest BCUT2D eigenvalue weighted by Gasteiger charge is 2.08. The third kappa shape index (κ3) is 2.94. The molecule has 5 aromatic carbocycles. The Morgan fingerprint density at radius 3 is 2.17 bits per heavy atom. The van der Waals surface area contributed by atoms with E-state index in [1.54, 1.807) is 0 Å². The fourth-order valence-corrected chi connectivity index (χ4v) is 5.29. The van der Waals surface area contributed by atoms with Gasteiger partial charge in [-0.1, -0.05) is 78.9 Å². The van der Waals surface area contributed by atoms with Crippen molar-refractivity contribution in [3.8, 4) is 11.1 Å². The zero-order chi connectivity index (χ0) is 19.9. The zero-order valence-electron chi connectivity index (χ0n) is 16.3. The molecule has 0 fully saturated rings. The Morgan fingerprint density at radius 1 is 0.533 bits per heavy atom. The Balaban J connectivity index is 1.34. The maximum Gasteiger partial charge on any atom is 0.0590 e. The second-order valence-corrected chi connectivity index (χ2v) is 8.60. The number of fused-ring (bicyclic) bond motifs is 4. The van der Waals surface area contributed by atoms with Gasteiger partial charge in [-0.25, -0.2) is 0 Å². The van der Waals surface area contributed by atoms with Crippen LogP contribution in [0.3, 0.4) is 0 Å². The molecule has 0 radical (unpaired) electrons. The molecular weight excluding hydrogens is 382 g/mol. The summed E-state index contributed by atoms with van der Waals surface area (Å²) in [6, 6.07) is 39.0. The monoisotopic (exact) mass is 401 g/mol. The molecular formula is C28H19NS. The number of benzene rings is 5. The Labute approximate surface area is 179 Å². The van der Waals surface area contributed by atoms with Crippen LogP contribution < -0.4 is 5.32 Å². The molecule has 0 spiro atoms. The number of anilines is 2. The highest BCUT2D eigenvalue weighted by atomic mass is 32.1. The topological polar surface area (TPSA) is 12.0 Å². The number of hydrogen-bond acceptors (Lipinski definition) is 2. The van der Waals surface area contributed by atoms with E-state index >= 15 is 0 Å². The van der Waals surface area contributed by atoms with Crippen LogP contribution in [0.4, 0.5) is 11.4 Å². The predicted molar refractivity (Wildman–Crippen MR) is 132 cm³/mol. The quantitative estimate of drug-likeness (QED) is 0.313. The minimum Gasteiger partial charge on any atom is -0.354 e. The van der Waals surface area contributed by atoms with E-state index in [2.05, 4.69) is 115 Å². The number of thiophene rings is 1. The van der Waals surface area contributed by atoms with Crippen molar-refractivity contribution in [3.63, 3.8) is 0 Å². The first-order chi connectivity index (χ1) is 14.8. The summed E-state index contributed by atoms with van der Waals surface area (Å²) in [5.41, 5.74) is 4.73. The predicted octanol–water partition coefficient (Wildman–Crippen LogP) is 8.62. The lowest BCUT2D eigenvalue weighted by Gasteiger charge is -2.09. The minimum atomic E-state index is 1.10. The van der Waals surface area contributed by atoms with Gasteiger partial charge in [0.1, 0.15) is 0 Å². The van der Waals surface area contributed by atoms with Crippen molar-refractivity contribution in [1.29, 1.82) is 0 Å². The van der Waals surface area contributed by atoms with Crippen LogP contribution >= 0.6 is 11.3 Å². The Kier molecular flexibility index (Phi) is 4.03. The van der Waals surface area contributed by atoms with Crippen molar-refractivity contribution in [3.05, 3.63) is 109 Å². The molecule has 30 heavy (non-hydrogen) atoms. The molecule has 0 saturated carbocycles. The van der Waals surface area contributed by atoms with E-state index < -0.39 is 0 Å². The molecule has 1 nitrogen and oxygen atoms in total. The molecule has 0 bridgehead atoms. The summed E-state index contributed by atoms with van der Waals surface area (Å²) in [5, 5.41) is 8.81. The molecule has 142 valence electrons. The summed E-state index contributed by atoms with van der Waals surface area (Å²) in [6.07, 6.45) is 0. The van der Waals surface area contributed by atoms with Crippen molar-refractivity contribution < 1.29 is 0 Å². The van der Waals surface area contributed by atoms with Crippen molar-refractivity contribution in [1.82, 2.24) is 0 Å². The molecule has 1 heterocycles. The second-order valence-electron chi connectivity index (χ2n) is 7.54. The largest absolute Gasteiger partial charge is 0.354 e. The first-order valence-electron chi connectivity index (χ1n) is 10.1. The highest BCUT2D eigenvalue weighted by molar-refractivity contribution is 7.26. The molecule has 6 aromatic rings. The molecule has 1 aromatic heterocycles. The van der Waals surface area contributed by atoms with Gasteiger partial charge in [0.05, 0.1) is 10.4 Å². The average molecular weight is 402 g/mol. The summed E-state index contributed by atoms with van der Waals surface area (Å²) >= 11 is 1.85. The van der Waals surface area contributed by atoms with Gasteiger partial charge in [0, 0.05) is 21.2 Å². The maximum atomic E-state index is 3.63. The standard InChI is InChI=1S/C28H19NS/c1-2-7-21-18-22(13-12-19(21)6-1)20-14-16-23(17-15-20)29-26-10-5-9-25-24-8-3-4-11-27(24)30-28(25)26/h1-18,29H. The van der Waals surface area contributed by atoms with Crippen LogP contribution in [0.1, 0.15) is 0 Å². The van der Waals surface area contributed by atoms with Crippen molar-refractivity contribution in [2.24, 2.45) is 0 Å². The molecule has 0 amide bonds. The van der Waals surface area contributed by atoms with Crippen LogP contribution in [0.15, 0.2) is 109 Å². The van der Waals surface area contributed by atoms with Gasteiger partial charge in [-0.05, 0) is 52.2 Å². The van der Waals surface area contributed by atoms with Gasteiger partial charge in [0.25, 0.3) is 0 Å². The first kappa shape index (κ1) is 17.3. The lowest BCUT2D eigenvalue weighted by molar-refractivity contribution is 1.57. The van der Waals surface area contributed by atoms with Crippen LogP contribution in [0.5, 0.6) is 0 Å². The lowest BCUT2D eigenvalue weighted by Crippen LogP contribution is -1.90. The van der Waals surface area contributed by atoms with Crippen molar-refractivity contribution >= 4 is 53.7 Å². The van der Waals surface area contributed by atoms with Gasteiger partial charge < -0.3 is 5.32 Å². The van der Waals surface area contributed by atoms with Crippen molar-refractivity contribution in [2.75, 3.05) is 5.32 Å². The lowest BCUT2D eigenvalue weighted by atomic mass is 10.0. The van der Waals surface area contributed by atoms with Crippen LogP contribution in [0.25, 0.3) is 42.1 Å². The summed E-state index contributed by atoms with van der Waals surface area (Å²) in [4.78, 5) is 0. The summed E-state index contributed by atoms with van der Waals surface area (Å²) in [5.74, 6) is 0. The molecule has 6 rings (SSSR count). The van der Waals surface area contributed by atoms with E-state index in [1.165, 1.54) is 42.1 Å².